The standard InChI is InChI=1S/C19H27N5O5S/c1-22(14-18(25)21-7-12-29-2)15-19(26)23-8-10-24(11-9-23)30(27,28)17-6-4-3-5-16(17)13-20/h3-6H,7-12,14-15H2,1-2H3,(H,21,25). The zero-order valence-corrected chi connectivity index (χ0v) is 18.0. The van der Waals surface area contributed by atoms with Gasteiger partial charge in [-0.1, -0.05) is 12.1 Å². The molecule has 1 saturated heterocycles. The first kappa shape index (κ1) is 23.8. The van der Waals surface area contributed by atoms with Crippen LogP contribution in [0.15, 0.2) is 29.2 Å². The third-order valence-corrected chi connectivity index (χ3v) is 6.62. The van der Waals surface area contributed by atoms with Crippen molar-refractivity contribution in [2.45, 2.75) is 4.90 Å². The topological polar surface area (TPSA) is 123 Å². The molecular formula is C19H27N5O5S. The van der Waals surface area contributed by atoms with Gasteiger partial charge in [-0.25, -0.2) is 8.42 Å². The summed E-state index contributed by atoms with van der Waals surface area (Å²) in [5.74, 6) is -0.369. The van der Waals surface area contributed by atoms with Gasteiger partial charge in [0.1, 0.15) is 6.07 Å². The van der Waals surface area contributed by atoms with E-state index in [9.17, 15) is 23.3 Å². The lowest BCUT2D eigenvalue weighted by Gasteiger charge is -2.34. The van der Waals surface area contributed by atoms with E-state index in [1.165, 1.54) is 16.4 Å². The number of ether oxygens (including phenoxy) is 1. The van der Waals surface area contributed by atoms with Gasteiger partial charge in [-0.05, 0) is 19.2 Å². The summed E-state index contributed by atoms with van der Waals surface area (Å²) in [5.41, 5.74) is 0.0985. The van der Waals surface area contributed by atoms with Gasteiger partial charge in [0, 0.05) is 39.8 Å². The summed E-state index contributed by atoms with van der Waals surface area (Å²) in [6.45, 7) is 1.75. The second-order valence-corrected chi connectivity index (χ2v) is 8.81. The molecule has 1 aromatic carbocycles. The van der Waals surface area contributed by atoms with E-state index in [1.807, 2.05) is 6.07 Å². The van der Waals surface area contributed by atoms with Crippen LogP contribution in [0.4, 0.5) is 0 Å². The Bertz CT molecular complexity index is 891. The molecule has 0 aliphatic carbocycles. The Morgan fingerprint density at radius 3 is 2.50 bits per heavy atom. The zero-order chi connectivity index (χ0) is 22.1. The highest BCUT2D eigenvalue weighted by Crippen LogP contribution is 2.21. The molecule has 0 radical (unpaired) electrons. The molecule has 1 N–H and O–H groups in total. The summed E-state index contributed by atoms with van der Waals surface area (Å²) in [4.78, 5) is 27.5. The summed E-state index contributed by atoms with van der Waals surface area (Å²) in [6.07, 6.45) is 0. The van der Waals surface area contributed by atoms with Gasteiger partial charge in [-0.2, -0.15) is 9.57 Å². The minimum absolute atomic E-state index is 0.0218. The van der Waals surface area contributed by atoms with Crippen LogP contribution in [0.25, 0.3) is 0 Å². The molecule has 10 nitrogen and oxygen atoms in total. The molecule has 1 fully saturated rings. The van der Waals surface area contributed by atoms with Crippen LogP contribution in [-0.2, 0) is 24.3 Å². The number of sulfonamides is 1. The molecule has 1 heterocycles. The van der Waals surface area contributed by atoms with Gasteiger partial charge in [0.2, 0.25) is 21.8 Å². The van der Waals surface area contributed by atoms with E-state index >= 15 is 0 Å². The highest BCUT2D eigenvalue weighted by molar-refractivity contribution is 7.89. The number of methoxy groups -OCH3 is 1. The fraction of sp³-hybridized carbons (Fsp3) is 0.526. The second kappa shape index (κ2) is 11.0. The van der Waals surface area contributed by atoms with Crippen LogP contribution in [0.5, 0.6) is 0 Å². The minimum Gasteiger partial charge on any atom is -0.383 e. The van der Waals surface area contributed by atoms with E-state index in [4.69, 9.17) is 4.74 Å². The Balaban J connectivity index is 1.87. The van der Waals surface area contributed by atoms with Gasteiger partial charge in [-0.3, -0.25) is 14.5 Å². The van der Waals surface area contributed by atoms with Crippen LogP contribution in [-0.4, -0.2) is 101 Å². The number of carbonyl (C=O) groups is 2. The summed E-state index contributed by atoms with van der Waals surface area (Å²) in [6, 6.07) is 7.98. The van der Waals surface area contributed by atoms with Crippen molar-refractivity contribution in [1.29, 1.82) is 5.26 Å². The molecule has 1 aliphatic heterocycles. The van der Waals surface area contributed by atoms with Gasteiger partial charge < -0.3 is 15.0 Å². The van der Waals surface area contributed by atoms with E-state index in [-0.39, 0.29) is 61.5 Å². The maximum absolute atomic E-state index is 12.9. The molecular weight excluding hydrogens is 410 g/mol. The molecule has 2 rings (SSSR count). The number of benzene rings is 1. The summed E-state index contributed by atoms with van der Waals surface area (Å²) in [5, 5.41) is 11.9. The molecule has 30 heavy (non-hydrogen) atoms. The largest absolute Gasteiger partial charge is 0.383 e. The summed E-state index contributed by atoms with van der Waals surface area (Å²) < 4.78 is 31.9. The van der Waals surface area contributed by atoms with Crippen LogP contribution in [0.1, 0.15) is 5.56 Å². The molecule has 0 unspecified atom stereocenters. The first-order valence-electron chi connectivity index (χ1n) is 9.51. The molecule has 11 heteroatoms. The van der Waals surface area contributed by atoms with Crippen LogP contribution in [0, 0.1) is 11.3 Å². The number of nitrogens with one attached hydrogen (secondary N) is 1. The number of nitriles is 1. The first-order chi connectivity index (χ1) is 14.3. The lowest BCUT2D eigenvalue weighted by Crippen LogP contribution is -2.52. The Morgan fingerprint density at radius 1 is 1.20 bits per heavy atom. The van der Waals surface area contributed by atoms with Gasteiger partial charge in [0.05, 0.1) is 30.2 Å². The monoisotopic (exact) mass is 437 g/mol. The zero-order valence-electron chi connectivity index (χ0n) is 17.2. The number of rotatable bonds is 9. The van der Waals surface area contributed by atoms with E-state index in [2.05, 4.69) is 5.32 Å². The van der Waals surface area contributed by atoms with Crippen LogP contribution in [0.3, 0.4) is 0 Å². The Hall–Kier alpha value is -2.52. The van der Waals surface area contributed by atoms with Gasteiger partial charge in [0.25, 0.3) is 0 Å². The molecule has 1 aliphatic rings. The predicted molar refractivity (Wildman–Crippen MR) is 109 cm³/mol. The van der Waals surface area contributed by atoms with Crippen molar-refractivity contribution in [1.82, 2.24) is 19.4 Å². The number of amides is 2. The number of hydrogen-bond acceptors (Lipinski definition) is 7. The number of nitrogens with zero attached hydrogens (tertiary/aromatic N) is 4. The van der Waals surface area contributed by atoms with Crippen LogP contribution in [0.2, 0.25) is 0 Å². The quantitative estimate of drug-likeness (QED) is 0.496. The molecule has 0 aromatic heterocycles. The highest BCUT2D eigenvalue weighted by Gasteiger charge is 2.31. The van der Waals surface area contributed by atoms with Crippen molar-refractivity contribution in [2.75, 3.05) is 66.6 Å². The van der Waals surface area contributed by atoms with Crippen molar-refractivity contribution in [3.8, 4) is 6.07 Å². The van der Waals surface area contributed by atoms with E-state index in [0.717, 1.165) is 0 Å². The smallest absolute Gasteiger partial charge is 0.244 e. The molecule has 164 valence electrons. The molecule has 0 spiro atoms. The summed E-state index contributed by atoms with van der Waals surface area (Å²) >= 11 is 0. The third kappa shape index (κ3) is 6.24. The highest BCUT2D eigenvalue weighted by atomic mass is 32.2. The lowest BCUT2D eigenvalue weighted by atomic mass is 10.2. The van der Waals surface area contributed by atoms with Crippen LogP contribution >= 0.6 is 0 Å². The Labute approximate surface area is 177 Å². The van der Waals surface area contributed by atoms with Crippen molar-refractivity contribution < 1.29 is 22.7 Å². The average molecular weight is 438 g/mol. The number of likely N-dealkylation sites (N-methyl/N-ethyl adjacent to an activating group) is 1. The van der Waals surface area contributed by atoms with Gasteiger partial charge in [-0.15, -0.1) is 0 Å². The predicted octanol–water partition coefficient (Wildman–Crippen LogP) is -0.914. The number of piperazine rings is 1. The third-order valence-electron chi connectivity index (χ3n) is 4.66. The second-order valence-electron chi connectivity index (χ2n) is 6.91. The lowest BCUT2D eigenvalue weighted by molar-refractivity contribution is -0.133. The molecule has 0 atom stereocenters. The van der Waals surface area contributed by atoms with Crippen molar-refractivity contribution in [2.24, 2.45) is 0 Å². The molecule has 1 aromatic rings. The Morgan fingerprint density at radius 2 is 1.87 bits per heavy atom. The molecule has 2 amide bonds. The fourth-order valence-electron chi connectivity index (χ4n) is 3.08. The van der Waals surface area contributed by atoms with Crippen molar-refractivity contribution in [3.63, 3.8) is 0 Å². The van der Waals surface area contributed by atoms with Gasteiger partial charge >= 0.3 is 0 Å². The fourth-order valence-corrected chi connectivity index (χ4v) is 4.65. The SMILES string of the molecule is COCCNC(=O)CN(C)CC(=O)N1CCN(S(=O)(=O)c2ccccc2C#N)CC1. The van der Waals surface area contributed by atoms with E-state index in [0.29, 0.717) is 13.2 Å². The number of carbonyl (C=O) groups excluding carboxylic acids is 2. The molecule has 0 saturated carbocycles. The van der Waals surface area contributed by atoms with Gasteiger partial charge in [0.15, 0.2) is 0 Å². The normalized spacial score (nSPS) is 15.1. The van der Waals surface area contributed by atoms with Crippen molar-refractivity contribution in [3.05, 3.63) is 29.8 Å². The molecule has 0 bridgehead atoms. The van der Waals surface area contributed by atoms with E-state index < -0.39 is 10.0 Å². The maximum atomic E-state index is 12.9. The van der Waals surface area contributed by atoms with Crippen LogP contribution < -0.4 is 5.32 Å². The van der Waals surface area contributed by atoms with E-state index in [1.54, 1.807) is 36.1 Å². The Kier molecular flexibility index (Phi) is 8.73. The van der Waals surface area contributed by atoms with Crippen molar-refractivity contribution >= 4 is 21.8 Å². The average Bonchev–Trinajstić information content (AvgIpc) is 2.73. The maximum Gasteiger partial charge on any atom is 0.244 e. The first-order valence-corrected chi connectivity index (χ1v) is 10.9. The number of hydrogen-bond donors (Lipinski definition) is 1. The minimum atomic E-state index is -3.80. The summed E-state index contributed by atoms with van der Waals surface area (Å²) in [7, 11) is -0.585.